The third-order valence-electron chi connectivity index (χ3n) is 5.62. The molecule has 2 aromatic carbocycles. The van der Waals surface area contributed by atoms with Crippen LogP contribution in [0.5, 0.6) is 11.6 Å². The molecule has 0 aliphatic carbocycles. The summed E-state index contributed by atoms with van der Waals surface area (Å²) < 4.78 is 28.5. The number of halogens is 1. The Kier molecular flexibility index (Phi) is 5.05. The second-order valence-electron chi connectivity index (χ2n) is 7.66. The van der Waals surface area contributed by atoms with Gasteiger partial charge in [0.25, 0.3) is 0 Å². The van der Waals surface area contributed by atoms with Crippen LogP contribution in [0.1, 0.15) is 5.69 Å². The molecule has 0 saturated heterocycles. The molecule has 0 saturated carbocycles. The number of rotatable bonds is 5. The van der Waals surface area contributed by atoms with Crippen LogP contribution in [0.15, 0.2) is 61.1 Å². The van der Waals surface area contributed by atoms with Crippen molar-refractivity contribution < 1.29 is 13.9 Å². The van der Waals surface area contributed by atoms with Gasteiger partial charge in [-0.05, 0) is 43.3 Å². The number of aromatic nitrogens is 5. The van der Waals surface area contributed by atoms with Gasteiger partial charge in [0.15, 0.2) is 11.6 Å². The Morgan fingerprint density at radius 2 is 1.82 bits per heavy atom. The van der Waals surface area contributed by atoms with E-state index in [-0.39, 0.29) is 5.75 Å². The minimum atomic E-state index is -0.412. The number of ether oxygens (including phenoxy) is 2. The number of hydrogen-bond donors (Lipinski definition) is 0. The zero-order chi connectivity index (χ0) is 23.1. The molecule has 166 valence electrons. The van der Waals surface area contributed by atoms with Crippen LogP contribution in [0.25, 0.3) is 39.4 Å². The fraction of sp³-hybridized carbons (Fsp3) is 0.160. The third kappa shape index (κ3) is 3.49. The normalized spacial score (nSPS) is 11.2. The lowest BCUT2D eigenvalue weighted by Gasteiger charge is -2.10. The zero-order valence-corrected chi connectivity index (χ0v) is 18.7. The van der Waals surface area contributed by atoms with Gasteiger partial charge in [0, 0.05) is 24.4 Å². The summed E-state index contributed by atoms with van der Waals surface area (Å²) in [4.78, 5) is 13.9. The number of aryl methyl sites for hydroxylation is 2. The maximum absolute atomic E-state index is 13.9. The fourth-order valence-corrected chi connectivity index (χ4v) is 3.96. The van der Waals surface area contributed by atoms with Crippen LogP contribution in [-0.2, 0) is 7.05 Å². The highest BCUT2D eigenvalue weighted by molar-refractivity contribution is 5.93. The van der Waals surface area contributed by atoms with E-state index in [0.29, 0.717) is 11.7 Å². The number of imidazole rings is 2. The predicted octanol–water partition coefficient (Wildman–Crippen LogP) is 4.95. The number of methoxy groups -OCH3 is 2. The zero-order valence-electron chi connectivity index (χ0n) is 18.7. The van der Waals surface area contributed by atoms with Crippen LogP contribution in [0.3, 0.4) is 0 Å². The first-order valence-electron chi connectivity index (χ1n) is 10.4. The molecule has 3 heterocycles. The molecule has 0 fully saturated rings. The monoisotopic (exact) mass is 443 g/mol. The molecular weight excluding hydrogens is 421 g/mol. The first-order valence-corrected chi connectivity index (χ1v) is 10.4. The van der Waals surface area contributed by atoms with Crippen molar-refractivity contribution in [3.8, 4) is 40.0 Å². The van der Waals surface area contributed by atoms with E-state index >= 15 is 0 Å². The van der Waals surface area contributed by atoms with Gasteiger partial charge in [-0.2, -0.15) is 0 Å². The van der Waals surface area contributed by atoms with E-state index in [2.05, 4.69) is 4.98 Å². The van der Waals surface area contributed by atoms with Crippen molar-refractivity contribution in [3.63, 3.8) is 0 Å². The number of para-hydroxylation sites is 1. The van der Waals surface area contributed by atoms with Gasteiger partial charge in [0.2, 0.25) is 5.88 Å². The Bertz CT molecular complexity index is 1490. The summed E-state index contributed by atoms with van der Waals surface area (Å²) in [6.07, 6.45) is 3.65. The van der Waals surface area contributed by atoms with E-state index in [1.807, 2.05) is 59.6 Å². The van der Waals surface area contributed by atoms with Crippen molar-refractivity contribution in [2.75, 3.05) is 14.2 Å². The summed E-state index contributed by atoms with van der Waals surface area (Å²) in [6.45, 7) is 1.93. The minimum Gasteiger partial charge on any atom is -0.494 e. The van der Waals surface area contributed by atoms with E-state index in [9.17, 15) is 4.39 Å². The van der Waals surface area contributed by atoms with Gasteiger partial charge >= 0.3 is 0 Å². The van der Waals surface area contributed by atoms with E-state index in [0.717, 1.165) is 39.2 Å². The molecule has 0 aliphatic rings. The molecule has 8 heteroatoms. The molecule has 0 atom stereocenters. The highest BCUT2D eigenvalue weighted by atomic mass is 19.1. The van der Waals surface area contributed by atoms with Crippen molar-refractivity contribution in [2.45, 2.75) is 6.92 Å². The Hall–Kier alpha value is -4.20. The molecular formula is C25H22FN5O2. The van der Waals surface area contributed by atoms with Gasteiger partial charge in [-0.15, -0.1) is 0 Å². The van der Waals surface area contributed by atoms with Gasteiger partial charge < -0.3 is 18.6 Å². The highest BCUT2D eigenvalue weighted by Crippen LogP contribution is 2.34. The molecule has 0 bridgehead atoms. The topological polar surface area (TPSA) is 67.0 Å². The second kappa shape index (κ2) is 8.05. The number of fused-ring (bicyclic) bond motifs is 1. The minimum absolute atomic E-state index is 0.177. The highest BCUT2D eigenvalue weighted by Gasteiger charge is 2.17. The summed E-state index contributed by atoms with van der Waals surface area (Å²) in [5, 5.41) is 0. The number of nitrogens with zero attached hydrogens (tertiary/aromatic N) is 5. The maximum Gasteiger partial charge on any atom is 0.238 e. The molecule has 5 rings (SSSR count). The molecule has 0 radical (unpaired) electrons. The van der Waals surface area contributed by atoms with Gasteiger partial charge in [-0.1, -0.05) is 12.1 Å². The molecule has 7 nitrogen and oxygen atoms in total. The molecule has 0 unspecified atom stereocenters. The van der Waals surface area contributed by atoms with Crippen molar-refractivity contribution >= 4 is 11.0 Å². The summed E-state index contributed by atoms with van der Waals surface area (Å²) >= 11 is 0. The number of pyridine rings is 1. The summed E-state index contributed by atoms with van der Waals surface area (Å²) in [5.41, 5.74) is 5.79. The SMILES string of the molecule is COc1cc(-c2nc3c(-c4ccc(-n5cnc(C)c5)c(OC)n4)cccc3n2C)ccc1F. The first kappa shape index (κ1) is 20.7. The van der Waals surface area contributed by atoms with E-state index in [1.165, 1.54) is 13.2 Å². The van der Waals surface area contributed by atoms with Gasteiger partial charge in [-0.3, -0.25) is 0 Å². The van der Waals surface area contributed by atoms with Gasteiger partial charge in [0.1, 0.15) is 11.5 Å². The van der Waals surface area contributed by atoms with Crippen LogP contribution in [0.2, 0.25) is 0 Å². The Balaban J connectivity index is 1.65. The molecule has 0 spiro atoms. The van der Waals surface area contributed by atoms with Crippen molar-refractivity contribution in [1.29, 1.82) is 0 Å². The lowest BCUT2D eigenvalue weighted by atomic mass is 10.1. The van der Waals surface area contributed by atoms with E-state index in [1.54, 1.807) is 25.6 Å². The smallest absolute Gasteiger partial charge is 0.238 e. The van der Waals surface area contributed by atoms with Crippen molar-refractivity contribution in [3.05, 3.63) is 72.6 Å². The van der Waals surface area contributed by atoms with Crippen LogP contribution in [0.4, 0.5) is 4.39 Å². The van der Waals surface area contributed by atoms with Crippen LogP contribution >= 0.6 is 0 Å². The average Bonchev–Trinajstić information content (AvgIpc) is 3.42. The first-order chi connectivity index (χ1) is 16.0. The Labute approximate surface area is 190 Å². The molecule has 3 aromatic heterocycles. The summed E-state index contributed by atoms with van der Waals surface area (Å²) in [7, 11) is 4.98. The summed E-state index contributed by atoms with van der Waals surface area (Å²) in [6, 6.07) is 14.6. The number of benzene rings is 2. The van der Waals surface area contributed by atoms with Gasteiger partial charge in [-0.25, -0.2) is 19.3 Å². The third-order valence-corrected chi connectivity index (χ3v) is 5.62. The fourth-order valence-electron chi connectivity index (χ4n) is 3.96. The molecule has 0 aliphatic heterocycles. The quantitative estimate of drug-likeness (QED) is 0.384. The predicted molar refractivity (Wildman–Crippen MR) is 124 cm³/mol. The lowest BCUT2D eigenvalue weighted by Crippen LogP contribution is -1.99. The van der Waals surface area contributed by atoms with Crippen LogP contribution < -0.4 is 9.47 Å². The van der Waals surface area contributed by atoms with Crippen molar-refractivity contribution in [2.24, 2.45) is 7.05 Å². The van der Waals surface area contributed by atoms with Gasteiger partial charge in [0.05, 0.1) is 43.0 Å². The summed E-state index contributed by atoms with van der Waals surface area (Å²) in [5.74, 6) is 0.955. The number of hydrogen-bond acceptors (Lipinski definition) is 5. The molecule has 5 aromatic rings. The molecule has 33 heavy (non-hydrogen) atoms. The average molecular weight is 443 g/mol. The largest absolute Gasteiger partial charge is 0.494 e. The molecule has 0 N–H and O–H groups in total. The standard InChI is InChI=1S/C25H22FN5O2/c1-15-13-31(14-27-15)21-11-10-19(28-25(21)33-4)17-6-5-7-20-23(17)29-24(30(20)2)16-8-9-18(26)22(12-16)32-3/h5-14H,1-4H3. The van der Waals surface area contributed by atoms with Crippen LogP contribution in [-0.4, -0.2) is 38.3 Å². The van der Waals surface area contributed by atoms with Crippen LogP contribution in [0, 0.1) is 12.7 Å². The lowest BCUT2D eigenvalue weighted by molar-refractivity contribution is 0.386. The maximum atomic E-state index is 13.9. The Morgan fingerprint density at radius 3 is 2.55 bits per heavy atom. The second-order valence-corrected chi connectivity index (χ2v) is 7.66. The Morgan fingerprint density at radius 1 is 0.970 bits per heavy atom. The van der Waals surface area contributed by atoms with Crippen molar-refractivity contribution in [1.82, 2.24) is 24.1 Å². The van der Waals surface area contributed by atoms with E-state index in [4.69, 9.17) is 19.4 Å². The van der Waals surface area contributed by atoms with E-state index < -0.39 is 5.82 Å². The molecule has 0 amide bonds.